The normalized spacial score (nSPS) is 18.5. The number of rotatable bonds is 11. The Balaban J connectivity index is 0.000000251. The van der Waals surface area contributed by atoms with Crippen LogP contribution in [-0.2, 0) is 22.5 Å². The third-order valence-electron chi connectivity index (χ3n) is 9.28. The highest BCUT2D eigenvalue weighted by Crippen LogP contribution is 2.60. The Labute approximate surface area is 311 Å². The summed E-state index contributed by atoms with van der Waals surface area (Å²) in [6.45, 7) is 9.88. The van der Waals surface area contributed by atoms with E-state index < -0.39 is 46.1 Å². The van der Waals surface area contributed by atoms with Crippen LogP contribution in [0.2, 0.25) is 5.02 Å². The second kappa shape index (κ2) is 16.5. The van der Waals surface area contributed by atoms with Crippen molar-refractivity contribution in [2.24, 2.45) is 22.7 Å². The number of nitriles is 1. The van der Waals surface area contributed by atoms with Crippen molar-refractivity contribution in [3.63, 3.8) is 0 Å². The van der Waals surface area contributed by atoms with Crippen LogP contribution < -0.4 is 4.74 Å². The van der Waals surface area contributed by atoms with Gasteiger partial charge in [-0.1, -0.05) is 106 Å². The summed E-state index contributed by atoms with van der Waals surface area (Å²) >= 11 is 11.2. The maximum absolute atomic E-state index is 12.7. The summed E-state index contributed by atoms with van der Waals surface area (Å²) in [5, 5.41) is 24.2. The number of para-hydroxylation sites is 1. The fourth-order valence-corrected chi connectivity index (χ4v) is 5.95. The first-order chi connectivity index (χ1) is 24.3. The van der Waals surface area contributed by atoms with Gasteiger partial charge in [-0.2, -0.15) is 23.5 Å². The van der Waals surface area contributed by atoms with E-state index in [1.54, 1.807) is 61.3 Å². The van der Waals surface area contributed by atoms with E-state index in [0.717, 1.165) is 17.5 Å². The molecule has 2 unspecified atom stereocenters. The zero-order valence-electron chi connectivity index (χ0n) is 29.4. The summed E-state index contributed by atoms with van der Waals surface area (Å²) in [6.07, 6.45) is -0.503. The number of aromatic nitrogens is 3. The van der Waals surface area contributed by atoms with Crippen molar-refractivity contribution in [2.75, 3.05) is 0 Å². The Morgan fingerprint density at radius 1 is 1.06 bits per heavy atom. The maximum atomic E-state index is 12.7. The maximum Gasteiger partial charge on any atom is 0.426 e. The monoisotopic (exact) mass is 756 g/mol. The van der Waals surface area contributed by atoms with E-state index >= 15 is 0 Å². The molecule has 4 atom stereocenters. The first kappa shape index (κ1) is 40.4. The number of ether oxygens (including phenoxy) is 2. The summed E-state index contributed by atoms with van der Waals surface area (Å²) in [7, 11) is 0. The average molecular weight is 758 g/mol. The third kappa shape index (κ3) is 10.6. The Morgan fingerprint density at radius 3 is 2.29 bits per heavy atom. The molecule has 1 heterocycles. The molecule has 1 N–H and O–H groups in total. The minimum Gasteiger partial charge on any atom is -0.457 e. The Kier molecular flexibility index (Phi) is 12.8. The van der Waals surface area contributed by atoms with Gasteiger partial charge in [-0.05, 0) is 71.6 Å². The topological polar surface area (TPSA) is 110 Å². The molecule has 276 valence electrons. The number of benzene rings is 3. The number of alkyl halides is 3. The molecule has 1 fully saturated rings. The van der Waals surface area contributed by atoms with Crippen LogP contribution in [0.25, 0.3) is 0 Å². The summed E-state index contributed by atoms with van der Waals surface area (Å²) in [5.74, 6) is -1.27. The van der Waals surface area contributed by atoms with E-state index in [-0.39, 0.29) is 5.41 Å². The standard InChI is InChI=1S/C23H19ClF3NO3.C16H22ClN3O/c1-22(2)17(12-19(24)23(25,26)27)20(22)21(29)31-18(13-28)14-7-6-10-16(11-14)30-15-8-4-3-5-9-15;1-15(2,3)16(21,10-20-12-18-11-19-20)9-8-13-4-6-14(17)7-5-13/h3-12,17-18,20H,1-2H3;4-7,11-12,21H,8-10H2,1-3H3/b19-12-;/t17-,18?,20-;/m0./s1. The summed E-state index contributed by atoms with van der Waals surface area (Å²) in [5.41, 5.74) is -0.323. The smallest absolute Gasteiger partial charge is 0.426 e. The Morgan fingerprint density at radius 2 is 1.71 bits per heavy atom. The van der Waals surface area contributed by atoms with Gasteiger partial charge >= 0.3 is 12.1 Å². The van der Waals surface area contributed by atoms with Crippen molar-refractivity contribution >= 4 is 29.2 Å². The number of hydrogen-bond acceptors (Lipinski definition) is 7. The zero-order valence-corrected chi connectivity index (χ0v) is 31.0. The van der Waals surface area contributed by atoms with E-state index in [9.17, 15) is 28.3 Å². The van der Waals surface area contributed by atoms with E-state index in [2.05, 4.69) is 10.1 Å². The molecular weight excluding hydrogens is 716 g/mol. The molecule has 1 saturated carbocycles. The first-order valence-electron chi connectivity index (χ1n) is 16.5. The van der Waals surface area contributed by atoms with Crippen LogP contribution >= 0.6 is 23.2 Å². The average Bonchev–Trinajstić information content (AvgIpc) is 3.34. The number of esters is 1. The van der Waals surface area contributed by atoms with E-state index in [1.807, 2.05) is 69.3 Å². The number of hydrogen-bond donors (Lipinski definition) is 1. The molecule has 0 spiro atoms. The molecule has 1 aromatic heterocycles. The lowest BCUT2D eigenvalue weighted by Gasteiger charge is -2.40. The van der Waals surface area contributed by atoms with E-state index in [4.69, 9.17) is 32.7 Å². The van der Waals surface area contributed by atoms with Gasteiger partial charge in [0.2, 0.25) is 6.10 Å². The van der Waals surface area contributed by atoms with Gasteiger partial charge in [0.05, 0.1) is 18.1 Å². The highest BCUT2D eigenvalue weighted by Gasteiger charge is 2.62. The van der Waals surface area contributed by atoms with Gasteiger partial charge in [-0.15, -0.1) is 0 Å². The van der Waals surface area contributed by atoms with Gasteiger partial charge in [-0.25, -0.2) is 4.98 Å². The Bertz CT molecular complexity index is 1860. The van der Waals surface area contributed by atoms with Crippen LogP contribution in [0.5, 0.6) is 11.5 Å². The molecule has 0 aliphatic heterocycles. The SMILES string of the molecule is CC(C)(C)C(O)(CCc1ccc(Cl)cc1)Cn1cncn1.CC1(C)[C@H](C(=O)OC(C#N)c2cccc(Oc3ccccc3)c2)[C@@H]1/C=C(\Cl)C(F)(F)F. The molecule has 13 heteroatoms. The summed E-state index contributed by atoms with van der Waals surface area (Å²) in [6, 6.07) is 25.2. The van der Waals surface area contributed by atoms with Crippen LogP contribution in [0.3, 0.4) is 0 Å². The van der Waals surface area contributed by atoms with Gasteiger partial charge in [0.15, 0.2) is 0 Å². The van der Waals surface area contributed by atoms with Gasteiger partial charge in [0, 0.05) is 10.6 Å². The molecule has 0 bridgehead atoms. The number of carbonyl (C=O) groups excluding carboxylic acids is 1. The molecule has 52 heavy (non-hydrogen) atoms. The first-order valence-corrected chi connectivity index (χ1v) is 17.3. The number of aliphatic hydroxyl groups is 1. The zero-order chi connectivity index (χ0) is 38.3. The molecule has 5 rings (SSSR count). The number of allylic oxidation sites excluding steroid dienone is 2. The second-order valence-corrected chi connectivity index (χ2v) is 15.1. The second-order valence-electron chi connectivity index (χ2n) is 14.3. The molecular formula is C39H41Cl2F3N4O4. The fourth-order valence-electron chi connectivity index (χ4n) is 5.69. The van der Waals surface area contributed by atoms with Crippen molar-refractivity contribution in [2.45, 2.75) is 71.9 Å². The van der Waals surface area contributed by atoms with E-state index in [0.29, 0.717) is 30.0 Å². The fraction of sp³-hybridized carbons (Fsp3) is 0.385. The minimum absolute atomic E-state index is 0.259. The molecule has 0 radical (unpaired) electrons. The van der Waals surface area contributed by atoms with Crippen molar-refractivity contribution in [3.05, 3.63) is 119 Å². The molecule has 0 amide bonds. The minimum atomic E-state index is -4.68. The van der Waals surface area contributed by atoms with Crippen LogP contribution in [0.1, 0.15) is 58.3 Å². The molecule has 1 aliphatic carbocycles. The number of aryl methyl sites for hydroxylation is 1. The van der Waals surface area contributed by atoms with Crippen molar-refractivity contribution in [3.8, 4) is 17.6 Å². The van der Waals surface area contributed by atoms with Gasteiger partial charge < -0.3 is 14.6 Å². The lowest BCUT2D eigenvalue weighted by atomic mass is 9.73. The summed E-state index contributed by atoms with van der Waals surface area (Å²) < 4.78 is 50.9. The highest BCUT2D eigenvalue weighted by atomic mass is 35.5. The van der Waals surface area contributed by atoms with Crippen LogP contribution in [-0.4, -0.2) is 37.6 Å². The summed E-state index contributed by atoms with van der Waals surface area (Å²) in [4.78, 5) is 16.6. The lowest BCUT2D eigenvalue weighted by Crippen LogP contribution is -2.47. The van der Waals surface area contributed by atoms with Gasteiger partial charge in [0.25, 0.3) is 0 Å². The predicted molar refractivity (Wildman–Crippen MR) is 192 cm³/mol. The quantitative estimate of drug-likeness (QED) is 0.152. The Hall–Kier alpha value is -4.37. The van der Waals surface area contributed by atoms with Crippen LogP contribution in [0.15, 0.2) is 103 Å². The van der Waals surface area contributed by atoms with Crippen molar-refractivity contribution < 1.29 is 32.5 Å². The highest BCUT2D eigenvalue weighted by molar-refractivity contribution is 6.30. The largest absolute Gasteiger partial charge is 0.457 e. The molecule has 1 aliphatic rings. The third-order valence-corrected chi connectivity index (χ3v) is 9.87. The number of nitrogens with zero attached hydrogens (tertiary/aromatic N) is 4. The van der Waals surface area contributed by atoms with Gasteiger partial charge in [0.1, 0.15) is 35.3 Å². The van der Waals surface area contributed by atoms with Crippen LogP contribution in [0, 0.1) is 34.0 Å². The van der Waals surface area contributed by atoms with Gasteiger partial charge in [-0.3, -0.25) is 9.48 Å². The molecule has 8 nitrogen and oxygen atoms in total. The molecule has 3 aromatic carbocycles. The number of carbonyl (C=O) groups is 1. The number of halogens is 5. The van der Waals surface area contributed by atoms with Crippen LogP contribution in [0.4, 0.5) is 13.2 Å². The molecule has 0 saturated heterocycles. The van der Waals surface area contributed by atoms with Crippen molar-refractivity contribution in [1.82, 2.24) is 14.8 Å². The lowest BCUT2D eigenvalue weighted by molar-refractivity contribution is -0.149. The van der Waals surface area contributed by atoms with E-state index in [1.165, 1.54) is 11.9 Å². The molecule has 4 aromatic rings. The van der Waals surface area contributed by atoms with Crippen molar-refractivity contribution in [1.29, 1.82) is 5.26 Å². The predicted octanol–water partition coefficient (Wildman–Crippen LogP) is 9.89.